The first-order valence-electron chi connectivity index (χ1n) is 18.2. The predicted molar refractivity (Wildman–Crippen MR) is 223 cm³/mol. The topological polar surface area (TPSA) is 43.9 Å². The number of fused-ring (bicyclic) bond motifs is 7. The van der Waals surface area contributed by atoms with E-state index < -0.39 is 0 Å². The number of hydrogen-bond acceptors (Lipinski definition) is 3. The first-order valence-corrected chi connectivity index (χ1v) is 18.2. The van der Waals surface area contributed by atoms with Crippen LogP contribution in [0.4, 0.5) is 0 Å². The van der Waals surface area contributed by atoms with Crippen molar-refractivity contribution in [1.29, 1.82) is 0 Å². The highest BCUT2D eigenvalue weighted by Gasteiger charge is 2.20. The first kappa shape index (κ1) is 30.3. The molecule has 4 heteroatoms. The summed E-state index contributed by atoms with van der Waals surface area (Å²) in [5.41, 5.74) is 13.6. The Kier molecular flexibility index (Phi) is 6.82. The molecule has 11 aromatic rings. The fraction of sp³-hybridized carbons (Fsp3) is 0. The molecule has 0 saturated carbocycles. The van der Waals surface area contributed by atoms with Crippen LogP contribution in [0.2, 0.25) is 0 Å². The molecule has 0 saturated heterocycles. The number of hydrogen-bond donors (Lipinski definition) is 0. The van der Waals surface area contributed by atoms with E-state index in [9.17, 15) is 0 Å². The summed E-state index contributed by atoms with van der Waals surface area (Å²) in [6.07, 6.45) is 0. The lowest BCUT2D eigenvalue weighted by atomic mass is 10.0. The average molecular weight is 690 g/mol. The van der Waals surface area contributed by atoms with Crippen molar-refractivity contribution >= 4 is 54.6 Å². The Morgan fingerprint density at radius 3 is 1.67 bits per heavy atom. The maximum Gasteiger partial charge on any atom is 0.161 e. The number of nitrogens with zero attached hydrogens (tertiary/aromatic N) is 3. The highest BCUT2D eigenvalue weighted by molar-refractivity contribution is 6.14. The molecule has 0 fully saturated rings. The van der Waals surface area contributed by atoms with Gasteiger partial charge < -0.3 is 8.98 Å². The third-order valence-electron chi connectivity index (χ3n) is 10.6. The van der Waals surface area contributed by atoms with Crippen molar-refractivity contribution < 1.29 is 4.42 Å². The zero-order valence-corrected chi connectivity index (χ0v) is 29.1. The molecule has 8 aromatic carbocycles. The molecule has 3 aromatic heterocycles. The van der Waals surface area contributed by atoms with Gasteiger partial charge in [-0.05, 0) is 70.8 Å². The van der Waals surface area contributed by atoms with Gasteiger partial charge in [0.2, 0.25) is 0 Å². The van der Waals surface area contributed by atoms with Gasteiger partial charge in [-0.3, -0.25) is 0 Å². The second-order valence-corrected chi connectivity index (χ2v) is 13.8. The van der Waals surface area contributed by atoms with Gasteiger partial charge in [-0.25, -0.2) is 9.97 Å². The Hall–Kier alpha value is -7.30. The van der Waals surface area contributed by atoms with Crippen LogP contribution in [0.5, 0.6) is 0 Å². The second kappa shape index (κ2) is 12.1. The minimum Gasteiger partial charge on any atom is -0.456 e. The fourth-order valence-electron chi connectivity index (χ4n) is 8.07. The standard InChI is InChI=1S/C50H31N3O/c1-4-13-32(14-5-1)35-23-27-44-41(29-35)42-30-36(33-15-6-2-7-16-33)24-28-45(42)53(44)37-25-26-39-47(31-37)54-46-22-12-20-40(48(39)46)50-51-43-21-11-10-19-38(43)49(52-50)34-17-8-3-9-18-34/h1-31H. The molecular weight excluding hydrogens is 659 g/mol. The summed E-state index contributed by atoms with van der Waals surface area (Å²) in [5.74, 6) is 0.677. The van der Waals surface area contributed by atoms with E-state index in [-0.39, 0.29) is 0 Å². The van der Waals surface area contributed by atoms with Crippen LogP contribution in [-0.2, 0) is 0 Å². The van der Waals surface area contributed by atoms with E-state index in [1.807, 2.05) is 30.3 Å². The lowest BCUT2D eigenvalue weighted by Gasteiger charge is -2.10. The monoisotopic (exact) mass is 689 g/mol. The summed E-state index contributed by atoms with van der Waals surface area (Å²) in [6, 6.07) is 66.1. The van der Waals surface area contributed by atoms with Gasteiger partial charge in [0.1, 0.15) is 11.2 Å². The van der Waals surface area contributed by atoms with Crippen molar-refractivity contribution in [2.45, 2.75) is 0 Å². The number of benzene rings is 8. The van der Waals surface area contributed by atoms with Gasteiger partial charge in [-0.2, -0.15) is 0 Å². The Balaban J connectivity index is 1.11. The van der Waals surface area contributed by atoms with E-state index in [2.05, 4.69) is 162 Å². The lowest BCUT2D eigenvalue weighted by molar-refractivity contribution is 0.668. The maximum atomic E-state index is 6.66. The zero-order valence-electron chi connectivity index (χ0n) is 29.1. The van der Waals surface area contributed by atoms with Crippen molar-refractivity contribution in [3.8, 4) is 50.6 Å². The van der Waals surface area contributed by atoms with Crippen molar-refractivity contribution in [2.75, 3.05) is 0 Å². The van der Waals surface area contributed by atoms with Crippen molar-refractivity contribution in [3.05, 3.63) is 188 Å². The summed E-state index contributed by atoms with van der Waals surface area (Å²) in [5, 5.41) is 5.48. The van der Waals surface area contributed by atoms with Gasteiger partial charge in [0.25, 0.3) is 0 Å². The Morgan fingerprint density at radius 1 is 0.389 bits per heavy atom. The molecule has 0 bridgehead atoms. The minimum absolute atomic E-state index is 0.677. The SMILES string of the molecule is c1ccc(-c2ccc3c(c2)c2cc(-c4ccccc4)ccc2n3-c2ccc3c(c2)oc2cccc(-c4nc(-c5ccccc5)c5ccccc5n4)c23)cc1. The molecule has 3 heterocycles. The molecule has 0 atom stereocenters. The van der Waals surface area contributed by atoms with Gasteiger partial charge in [-0.1, -0.05) is 133 Å². The van der Waals surface area contributed by atoms with E-state index in [4.69, 9.17) is 14.4 Å². The lowest BCUT2D eigenvalue weighted by Crippen LogP contribution is -1.95. The van der Waals surface area contributed by atoms with Crippen LogP contribution in [0.25, 0.3) is 105 Å². The summed E-state index contributed by atoms with van der Waals surface area (Å²) < 4.78 is 9.03. The summed E-state index contributed by atoms with van der Waals surface area (Å²) in [4.78, 5) is 10.3. The van der Waals surface area contributed by atoms with Crippen LogP contribution in [-0.4, -0.2) is 14.5 Å². The van der Waals surface area contributed by atoms with E-state index in [1.54, 1.807) is 0 Å². The van der Waals surface area contributed by atoms with E-state index >= 15 is 0 Å². The molecular formula is C50H31N3O. The van der Waals surface area contributed by atoms with E-state index in [1.165, 1.54) is 33.0 Å². The van der Waals surface area contributed by atoms with Crippen molar-refractivity contribution in [3.63, 3.8) is 0 Å². The summed E-state index contributed by atoms with van der Waals surface area (Å²) in [7, 11) is 0. The molecule has 0 N–H and O–H groups in total. The van der Waals surface area contributed by atoms with Crippen LogP contribution in [0, 0.1) is 0 Å². The Labute approximate surface area is 311 Å². The summed E-state index contributed by atoms with van der Waals surface area (Å²) >= 11 is 0. The quantitative estimate of drug-likeness (QED) is 0.181. The van der Waals surface area contributed by atoms with Gasteiger partial charge in [0.05, 0.1) is 22.2 Å². The van der Waals surface area contributed by atoms with Crippen LogP contribution < -0.4 is 0 Å². The first-order chi connectivity index (χ1) is 26.8. The number of rotatable bonds is 5. The molecule has 0 aliphatic carbocycles. The molecule has 54 heavy (non-hydrogen) atoms. The molecule has 0 unspecified atom stereocenters. The van der Waals surface area contributed by atoms with Crippen LogP contribution >= 0.6 is 0 Å². The smallest absolute Gasteiger partial charge is 0.161 e. The minimum atomic E-state index is 0.677. The van der Waals surface area contributed by atoms with Crippen molar-refractivity contribution in [1.82, 2.24) is 14.5 Å². The number of furan rings is 1. The molecule has 4 nitrogen and oxygen atoms in total. The average Bonchev–Trinajstić information content (AvgIpc) is 3.79. The Morgan fingerprint density at radius 2 is 1.00 bits per heavy atom. The van der Waals surface area contributed by atoms with Crippen LogP contribution in [0.1, 0.15) is 0 Å². The van der Waals surface area contributed by atoms with E-state index in [0.29, 0.717) is 5.82 Å². The summed E-state index contributed by atoms with van der Waals surface area (Å²) in [6.45, 7) is 0. The van der Waals surface area contributed by atoms with Crippen molar-refractivity contribution in [2.24, 2.45) is 0 Å². The van der Waals surface area contributed by atoms with Gasteiger partial charge in [0, 0.05) is 49.8 Å². The number of aromatic nitrogens is 3. The highest BCUT2D eigenvalue weighted by Crippen LogP contribution is 2.41. The van der Waals surface area contributed by atoms with Gasteiger partial charge >= 0.3 is 0 Å². The largest absolute Gasteiger partial charge is 0.456 e. The zero-order chi connectivity index (χ0) is 35.6. The molecule has 0 aliphatic heterocycles. The molecule has 11 rings (SSSR count). The van der Waals surface area contributed by atoms with Gasteiger partial charge in [0.15, 0.2) is 5.82 Å². The van der Waals surface area contributed by atoms with Gasteiger partial charge in [-0.15, -0.1) is 0 Å². The maximum absolute atomic E-state index is 6.66. The van der Waals surface area contributed by atoms with Crippen LogP contribution in [0.15, 0.2) is 192 Å². The normalized spacial score (nSPS) is 11.7. The Bertz CT molecular complexity index is 3100. The molecule has 0 aliphatic rings. The predicted octanol–water partition coefficient (Wildman–Crippen LogP) is 13.3. The molecule has 0 spiro atoms. The molecule has 252 valence electrons. The second-order valence-electron chi connectivity index (χ2n) is 13.8. The molecule has 0 amide bonds. The number of para-hydroxylation sites is 1. The third kappa shape index (κ3) is 4.85. The van der Waals surface area contributed by atoms with Crippen LogP contribution in [0.3, 0.4) is 0 Å². The third-order valence-corrected chi connectivity index (χ3v) is 10.6. The van der Waals surface area contributed by atoms with E-state index in [0.717, 1.165) is 66.4 Å². The highest BCUT2D eigenvalue weighted by atomic mass is 16.3. The fourth-order valence-corrected chi connectivity index (χ4v) is 8.07. The molecule has 0 radical (unpaired) electrons.